The highest BCUT2D eigenvalue weighted by Gasteiger charge is 2.52. The summed E-state index contributed by atoms with van der Waals surface area (Å²) in [6.45, 7) is 8.38. The highest BCUT2D eigenvalue weighted by Crippen LogP contribution is 2.61. The third-order valence-corrected chi connectivity index (χ3v) is 8.90. The summed E-state index contributed by atoms with van der Waals surface area (Å²) in [5.74, 6) is 4.30. The van der Waals surface area contributed by atoms with Crippen LogP contribution >= 0.6 is 11.6 Å². The maximum Gasteiger partial charge on any atom is 0.180 e. The molecule has 4 aliphatic rings. The number of halogens is 1. The van der Waals surface area contributed by atoms with Crippen LogP contribution in [-0.2, 0) is 13.2 Å². The quantitative estimate of drug-likeness (QED) is 0.419. The van der Waals surface area contributed by atoms with Crippen molar-refractivity contribution < 1.29 is 9.47 Å². The number of rotatable bonds is 9. The van der Waals surface area contributed by atoms with E-state index in [-0.39, 0.29) is 0 Å². The molecule has 4 heteroatoms. The molecule has 1 atom stereocenters. The van der Waals surface area contributed by atoms with Crippen molar-refractivity contribution >= 4 is 11.6 Å². The zero-order valence-electron chi connectivity index (χ0n) is 20.3. The van der Waals surface area contributed by atoms with E-state index >= 15 is 0 Å². The molecule has 0 saturated heterocycles. The number of benzene rings is 2. The first-order chi connectivity index (χ1) is 16.0. The molecule has 6 rings (SSSR count). The zero-order chi connectivity index (χ0) is 23.0. The summed E-state index contributed by atoms with van der Waals surface area (Å²) in [7, 11) is 0. The summed E-state index contributed by atoms with van der Waals surface area (Å²) in [5.41, 5.74) is 4.03. The molecule has 4 fully saturated rings. The van der Waals surface area contributed by atoms with E-state index in [9.17, 15) is 0 Å². The minimum absolute atomic E-state index is 0.479. The molecule has 3 nitrogen and oxygen atoms in total. The molecule has 4 saturated carbocycles. The number of hydrogen-bond acceptors (Lipinski definition) is 3. The second-order valence-corrected chi connectivity index (χ2v) is 11.3. The van der Waals surface area contributed by atoms with E-state index in [1.807, 2.05) is 25.1 Å². The molecule has 1 unspecified atom stereocenters. The van der Waals surface area contributed by atoms with Gasteiger partial charge in [-0.05, 0) is 111 Å². The van der Waals surface area contributed by atoms with Gasteiger partial charge in [0.15, 0.2) is 11.5 Å². The molecule has 1 N–H and O–H groups in total. The average Bonchev–Trinajstić information content (AvgIpc) is 2.77. The van der Waals surface area contributed by atoms with Gasteiger partial charge in [0.05, 0.1) is 11.6 Å². The zero-order valence-corrected chi connectivity index (χ0v) is 21.1. The van der Waals surface area contributed by atoms with Crippen LogP contribution < -0.4 is 14.8 Å². The molecule has 0 aliphatic heterocycles. The predicted octanol–water partition coefficient (Wildman–Crippen LogP) is 7.32. The summed E-state index contributed by atoms with van der Waals surface area (Å²) in [5, 5.41) is 4.50. The van der Waals surface area contributed by atoms with Crippen molar-refractivity contribution in [3.8, 4) is 11.5 Å². The first-order valence-electron chi connectivity index (χ1n) is 12.8. The smallest absolute Gasteiger partial charge is 0.180 e. The second kappa shape index (κ2) is 9.50. The SMILES string of the molecule is CCOc1cc(CNC(C)C23CC4CC(CC(C4)C2)C3)cc(Cl)c1OCc1ccccc1C. The molecule has 4 bridgehead atoms. The van der Waals surface area contributed by atoms with Crippen molar-refractivity contribution in [2.75, 3.05) is 6.61 Å². The van der Waals surface area contributed by atoms with E-state index in [1.54, 1.807) is 0 Å². The van der Waals surface area contributed by atoms with Crippen LogP contribution in [0.2, 0.25) is 5.02 Å². The van der Waals surface area contributed by atoms with Gasteiger partial charge in [0, 0.05) is 12.6 Å². The van der Waals surface area contributed by atoms with Crippen LogP contribution in [0, 0.1) is 30.1 Å². The van der Waals surface area contributed by atoms with Gasteiger partial charge in [-0.15, -0.1) is 0 Å². The van der Waals surface area contributed by atoms with Gasteiger partial charge in [0.25, 0.3) is 0 Å². The van der Waals surface area contributed by atoms with Crippen LogP contribution in [0.25, 0.3) is 0 Å². The summed E-state index contributed by atoms with van der Waals surface area (Å²) in [6.07, 6.45) is 8.73. The maximum absolute atomic E-state index is 6.72. The molecule has 4 aliphatic carbocycles. The molecule has 178 valence electrons. The average molecular weight is 468 g/mol. The lowest BCUT2D eigenvalue weighted by Gasteiger charge is -2.59. The fraction of sp³-hybridized carbons (Fsp3) is 0.586. The van der Waals surface area contributed by atoms with Gasteiger partial charge in [0.2, 0.25) is 0 Å². The normalized spacial score (nSPS) is 28.7. The predicted molar refractivity (Wildman–Crippen MR) is 135 cm³/mol. The lowest BCUT2D eigenvalue weighted by molar-refractivity contribution is -0.0706. The minimum Gasteiger partial charge on any atom is -0.490 e. The molecular weight excluding hydrogens is 430 g/mol. The molecule has 33 heavy (non-hydrogen) atoms. The van der Waals surface area contributed by atoms with E-state index in [4.69, 9.17) is 21.1 Å². The Morgan fingerprint density at radius 3 is 2.33 bits per heavy atom. The van der Waals surface area contributed by atoms with Crippen molar-refractivity contribution in [3.05, 3.63) is 58.1 Å². The van der Waals surface area contributed by atoms with E-state index in [0.717, 1.165) is 41.2 Å². The molecule has 0 heterocycles. The van der Waals surface area contributed by atoms with Crippen LogP contribution in [0.15, 0.2) is 36.4 Å². The third kappa shape index (κ3) is 4.77. The fourth-order valence-corrected chi connectivity index (χ4v) is 7.53. The molecule has 2 aromatic carbocycles. The van der Waals surface area contributed by atoms with Crippen molar-refractivity contribution in [3.63, 3.8) is 0 Å². The Morgan fingerprint density at radius 2 is 1.70 bits per heavy atom. The van der Waals surface area contributed by atoms with Gasteiger partial charge in [0.1, 0.15) is 6.61 Å². The van der Waals surface area contributed by atoms with Gasteiger partial charge in [-0.2, -0.15) is 0 Å². The van der Waals surface area contributed by atoms with Crippen molar-refractivity contribution in [2.24, 2.45) is 23.2 Å². The molecule has 0 aromatic heterocycles. The largest absolute Gasteiger partial charge is 0.490 e. The van der Waals surface area contributed by atoms with Crippen LogP contribution in [-0.4, -0.2) is 12.6 Å². The third-order valence-electron chi connectivity index (χ3n) is 8.62. The standard InChI is InChI=1S/C29H38ClNO2/c1-4-32-27-13-24(12-26(30)28(27)33-18-25-8-6-5-7-19(25)2)17-31-20(3)29-14-21-9-22(15-29)11-23(10-21)16-29/h5-8,12-13,20-23,31H,4,9-11,14-18H2,1-3H3. The van der Waals surface area contributed by atoms with Crippen LogP contribution in [0.5, 0.6) is 11.5 Å². The van der Waals surface area contributed by atoms with Crippen molar-refractivity contribution in [1.82, 2.24) is 5.32 Å². The Balaban J connectivity index is 1.27. The molecule has 0 radical (unpaired) electrons. The second-order valence-electron chi connectivity index (χ2n) is 10.9. The summed E-state index contributed by atoms with van der Waals surface area (Å²) >= 11 is 6.72. The Labute approximate surface area is 204 Å². The summed E-state index contributed by atoms with van der Waals surface area (Å²) < 4.78 is 12.1. The first-order valence-corrected chi connectivity index (χ1v) is 13.2. The van der Waals surface area contributed by atoms with Gasteiger partial charge < -0.3 is 14.8 Å². The van der Waals surface area contributed by atoms with E-state index in [1.165, 1.54) is 44.1 Å². The number of nitrogens with one attached hydrogen (secondary N) is 1. The van der Waals surface area contributed by atoms with Gasteiger partial charge in [-0.25, -0.2) is 0 Å². The van der Waals surface area contributed by atoms with Crippen LogP contribution in [0.4, 0.5) is 0 Å². The van der Waals surface area contributed by atoms with E-state index in [0.29, 0.717) is 35.4 Å². The first kappa shape index (κ1) is 23.1. The number of aryl methyl sites for hydroxylation is 1. The lowest BCUT2D eigenvalue weighted by Crippen LogP contribution is -2.54. The fourth-order valence-electron chi connectivity index (χ4n) is 7.24. The van der Waals surface area contributed by atoms with E-state index in [2.05, 4.69) is 37.4 Å². The van der Waals surface area contributed by atoms with Crippen molar-refractivity contribution in [2.45, 2.75) is 78.5 Å². The lowest BCUT2D eigenvalue weighted by atomic mass is 9.48. The van der Waals surface area contributed by atoms with Crippen LogP contribution in [0.3, 0.4) is 0 Å². The topological polar surface area (TPSA) is 30.5 Å². The Hall–Kier alpha value is -1.71. The van der Waals surface area contributed by atoms with Crippen molar-refractivity contribution in [1.29, 1.82) is 0 Å². The maximum atomic E-state index is 6.72. The van der Waals surface area contributed by atoms with E-state index < -0.39 is 0 Å². The highest BCUT2D eigenvalue weighted by atomic mass is 35.5. The Kier molecular flexibility index (Phi) is 6.64. The summed E-state index contributed by atoms with van der Waals surface area (Å²) in [6, 6.07) is 12.9. The van der Waals surface area contributed by atoms with Gasteiger partial charge >= 0.3 is 0 Å². The van der Waals surface area contributed by atoms with Crippen LogP contribution in [0.1, 0.15) is 69.1 Å². The highest BCUT2D eigenvalue weighted by molar-refractivity contribution is 6.32. The molecule has 0 amide bonds. The summed E-state index contributed by atoms with van der Waals surface area (Å²) in [4.78, 5) is 0. The van der Waals surface area contributed by atoms with Gasteiger partial charge in [-0.3, -0.25) is 0 Å². The Morgan fingerprint density at radius 1 is 1.03 bits per heavy atom. The number of hydrogen-bond donors (Lipinski definition) is 1. The number of ether oxygens (including phenoxy) is 2. The molecular formula is C29H38ClNO2. The minimum atomic E-state index is 0.479. The van der Waals surface area contributed by atoms with Gasteiger partial charge in [-0.1, -0.05) is 35.9 Å². The monoisotopic (exact) mass is 467 g/mol. The Bertz CT molecular complexity index is 952. The molecule has 2 aromatic rings. The molecule has 0 spiro atoms.